The molecular weight excluding hydrogens is 579 g/mol. The number of halogens is 1. The van der Waals surface area contributed by atoms with E-state index in [0.29, 0.717) is 30.0 Å². The van der Waals surface area contributed by atoms with Gasteiger partial charge in [0.1, 0.15) is 17.7 Å². The van der Waals surface area contributed by atoms with Gasteiger partial charge in [0.2, 0.25) is 0 Å². The molecule has 1 unspecified atom stereocenters. The summed E-state index contributed by atoms with van der Waals surface area (Å²) in [5, 5.41) is 3.77. The fourth-order valence-electron chi connectivity index (χ4n) is 5.49. The van der Waals surface area contributed by atoms with Crippen molar-refractivity contribution in [1.82, 2.24) is 30.5 Å². The topological polar surface area (TPSA) is 147 Å². The quantitative estimate of drug-likeness (QED) is 0.490. The summed E-state index contributed by atoms with van der Waals surface area (Å²) in [4.78, 5) is 71.7. The zero-order valence-corrected chi connectivity index (χ0v) is 24.1. The number of carbonyl (C=O) groups is 5. The Labute approximate surface area is 251 Å². The monoisotopic (exact) mass is 610 g/mol. The fourth-order valence-corrected chi connectivity index (χ4v) is 5.49. The van der Waals surface area contributed by atoms with Gasteiger partial charge < -0.3 is 14.8 Å². The molecule has 2 N–H and O–H groups in total. The Balaban J connectivity index is 1.09. The average molecular weight is 611 g/mol. The molecule has 10 amide bonds. The molecule has 16 heteroatoms. The Morgan fingerprint density at radius 3 is 2.05 bits per heavy atom. The number of ether oxygens (including phenoxy) is 2. The minimum Gasteiger partial charge on any atom is -0.497 e. The van der Waals surface area contributed by atoms with Gasteiger partial charge in [0, 0.05) is 30.9 Å². The van der Waals surface area contributed by atoms with Gasteiger partial charge >= 0.3 is 30.2 Å². The summed E-state index contributed by atoms with van der Waals surface area (Å²) in [5.41, 5.74) is 3.10. The first-order valence-electron chi connectivity index (χ1n) is 14.1. The Kier molecular flexibility index (Phi) is 7.48. The zero-order chi connectivity index (χ0) is 31.1. The molecule has 0 spiro atoms. The number of hydrogen-bond donors (Lipinski definition) is 2. The highest BCUT2D eigenvalue weighted by Crippen LogP contribution is 2.33. The van der Waals surface area contributed by atoms with Crippen molar-refractivity contribution in [1.29, 1.82) is 0 Å². The molecule has 0 aromatic heterocycles. The number of urea groups is 5. The third-order valence-electron chi connectivity index (χ3n) is 7.94. The van der Waals surface area contributed by atoms with Crippen LogP contribution in [0.25, 0.3) is 0 Å². The zero-order valence-electron chi connectivity index (χ0n) is 24.1. The fraction of sp³-hybridized carbons (Fsp3) is 0.393. The third-order valence-corrected chi connectivity index (χ3v) is 7.94. The number of anilines is 2. The van der Waals surface area contributed by atoms with Crippen LogP contribution in [-0.4, -0.2) is 109 Å². The number of methoxy groups -OCH3 is 2. The molecule has 0 radical (unpaired) electrons. The number of nitrogens with one attached hydrogen (secondary N) is 2. The van der Waals surface area contributed by atoms with Gasteiger partial charge in [-0.3, -0.25) is 14.7 Å². The number of hydrazine groups is 1. The van der Waals surface area contributed by atoms with Crippen molar-refractivity contribution in [2.45, 2.75) is 25.0 Å². The van der Waals surface area contributed by atoms with Crippen LogP contribution in [0.4, 0.5) is 39.7 Å². The first-order chi connectivity index (χ1) is 21.2. The summed E-state index contributed by atoms with van der Waals surface area (Å²) < 4.78 is 24.8. The molecule has 44 heavy (non-hydrogen) atoms. The first-order valence-corrected chi connectivity index (χ1v) is 14.1. The van der Waals surface area contributed by atoms with Crippen LogP contribution < -0.4 is 30.0 Å². The Morgan fingerprint density at radius 2 is 1.41 bits per heavy atom. The van der Waals surface area contributed by atoms with Crippen molar-refractivity contribution < 1.29 is 37.8 Å². The largest absolute Gasteiger partial charge is 0.497 e. The Morgan fingerprint density at radius 1 is 0.795 bits per heavy atom. The highest BCUT2D eigenvalue weighted by atomic mass is 19.1. The van der Waals surface area contributed by atoms with Crippen LogP contribution in [0.2, 0.25) is 0 Å². The molecule has 15 nitrogen and oxygen atoms in total. The average Bonchev–Trinajstić information content (AvgIpc) is 3.56. The molecule has 232 valence electrons. The molecule has 0 bridgehead atoms. The number of imide groups is 2. The second-order valence-corrected chi connectivity index (χ2v) is 10.6. The van der Waals surface area contributed by atoms with Crippen molar-refractivity contribution in [2.24, 2.45) is 0 Å². The summed E-state index contributed by atoms with van der Waals surface area (Å²) in [6, 6.07) is 7.41. The molecule has 4 aliphatic rings. The minimum atomic E-state index is -0.854. The van der Waals surface area contributed by atoms with Crippen LogP contribution in [0.5, 0.6) is 11.5 Å². The van der Waals surface area contributed by atoms with Crippen molar-refractivity contribution in [3.05, 3.63) is 48.3 Å². The number of nitrogens with zero attached hydrogens (tertiary/aromatic N) is 6. The summed E-state index contributed by atoms with van der Waals surface area (Å²) in [6.07, 6.45) is 0.579. The molecule has 1 atom stereocenters. The maximum Gasteiger partial charge on any atom is 0.344 e. The molecule has 6 rings (SSSR count). The standard InChI is InChI=1S/C28H31FN8O7/c1-43-19-7-5-17(6-8-19)32-11-13-35(26(32)40)25(39)31-36-16-23(37(28(36)42)18-3-4-18)30-24(38)34-14-12-33(27(34)41)22-10-9-20(44-2)15-21(22)29/h5-10,15,18,23H,3-4,11-14,16H2,1-2H3,(H,30,38)(H,31,39). The predicted octanol–water partition coefficient (Wildman–Crippen LogP) is 2.59. The maximum absolute atomic E-state index is 14.6. The van der Waals surface area contributed by atoms with Crippen molar-refractivity contribution in [3.8, 4) is 11.5 Å². The molecule has 1 saturated carbocycles. The maximum atomic E-state index is 14.6. The van der Waals surface area contributed by atoms with Gasteiger partial charge in [-0.15, -0.1) is 0 Å². The van der Waals surface area contributed by atoms with Crippen LogP contribution in [0, 0.1) is 5.82 Å². The van der Waals surface area contributed by atoms with E-state index < -0.39 is 42.1 Å². The number of amides is 10. The van der Waals surface area contributed by atoms with Gasteiger partial charge in [0.25, 0.3) is 0 Å². The van der Waals surface area contributed by atoms with E-state index >= 15 is 0 Å². The van der Waals surface area contributed by atoms with Gasteiger partial charge in [0.15, 0.2) is 5.82 Å². The molecular formula is C28H31FN8O7. The number of carbonyl (C=O) groups excluding carboxylic acids is 5. The summed E-state index contributed by atoms with van der Waals surface area (Å²) >= 11 is 0. The molecule has 4 fully saturated rings. The predicted molar refractivity (Wildman–Crippen MR) is 153 cm³/mol. The van der Waals surface area contributed by atoms with Gasteiger partial charge in [0.05, 0.1) is 39.5 Å². The van der Waals surface area contributed by atoms with Crippen molar-refractivity contribution >= 4 is 41.5 Å². The number of hydrogen-bond acceptors (Lipinski definition) is 7. The van der Waals surface area contributed by atoms with E-state index in [1.54, 1.807) is 24.3 Å². The summed E-state index contributed by atoms with van der Waals surface area (Å²) in [6.45, 7) is 0.331. The van der Waals surface area contributed by atoms with Gasteiger partial charge in [-0.2, -0.15) is 0 Å². The van der Waals surface area contributed by atoms with Crippen LogP contribution in [0.3, 0.4) is 0 Å². The molecule has 3 aliphatic heterocycles. The minimum absolute atomic E-state index is 0.00243. The van der Waals surface area contributed by atoms with Crippen LogP contribution >= 0.6 is 0 Å². The van der Waals surface area contributed by atoms with Gasteiger partial charge in [-0.05, 0) is 49.2 Å². The van der Waals surface area contributed by atoms with Crippen molar-refractivity contribution in [2.75, 3.05) is 56.7 Å². The van der Waals surface area contributed by atoms with Crippen LogP contribution in [-0.2, 0) is 0 Å². The van der Waals surface area contributed by atoms with E-state index in [4.69, 9.17) is 9.47 Å². The van der Waals surface area contributed by atoms with Crippen LogP contribution in [0.1, 0.15) is 12.8 Å². The highest BCUT2D eigenvalue weighted by Gasteiger charge is 2.48. The third kappa shape index (κ3) is 5.22. The molecule has 1 aliphatic carbocycles. The summed E-state index contributed by atoms with van der Waals surface area (Å²) in [5.74, 6) is 0.247. The smallest absolute Gasteiger partial charge is 0.344 e. The summed E-state index contributed by atoms with van der Waals surface area (Å²) in [7, 11) is 2.93. The lowest BCUT2D eigenvalue weighted by Crippen LogP contribution is -2.53. The van der Waals surface area contributed by atoms with Gasteiger partial charge in [-0.1, -0.05) is 0 Å². The van der Waals surface area contributed by atoms with E-state index in [-0.39, 0.29) is 44.5 Å². The molecule has 3 heterocycles. The SMILES string of the molecule is COc1ccc(N2CCN(C(=O)NN3CC(NC(=O)N4CCN(c5ccc(OC)cc5F)C4=O)N(C4CC4)C3=O)C2=O)cc1. The van der Waals surface area contributed by atoms with E-state index in [0.717, 1.165) is 25.8 Å². The second kappa shape index (κ2) is 11.4. The lowest BCUT2D eigenvalue weighted by atomic mass is 10.2. The number of benzene rings is 2. The van der Waals surface area contributed by atoms with Gasteiger partial charge in [-0.25, -0.2) is 48.6 Å². The number of rotatable bonds is 7. The van der Waals surface area contributed by atoms with Crippen LogP contribution in [0.15, 0.2) is 42.5 Å². The molecule has 2 aromatic carbocycles. The highest BCUT2D eigenvalue weighted by molar-refractivity contribution is 6.05. The Hall–Kier alpha value is -5.28. The normalized spacial score (nSPS) is 20.2. The lowest BCUT2D eigenvalue weighted by Gasteiger charge is -2.25. The van der Waals surface area contributed by atoms with E-state index in [1.807, 2.05) is 0 Å². The molecule has 3 saturated heterocycles. The molecule has 2 aromatic rings. The van der Waals surface area contributed by atoms with E-state index in [2.05, 4.69) is 10.7 Å². The van der Waals surface area contributed by atoms with E-state index in [9.17, 15) is 28.4 Å². The second-order valence-electron chi connectivity index (χ2n) is 10.6. The first kappa shape index (κ1) is 28.8. The van der Waals surface area contributed by atoms with Crippen molar-refractivity contribution in [3.63, 3.8) is 0 Å². The lowest BCUT2D eigenvalue weighted by molar-refractivity contribution is 0.156. The Bertz CT molecular complexity index is 1500. The van der Waals surface area contributed by atoms with E-state index in [1.165, 1.54) is 36.2 Å².